The van der Waals surface area contributed by atoms with Crippen LogP contribution in [0.15, 0.2) is 54.9 Å². The molecule has 0 bridgehead atoms. The van der Waals surface area contributed by atoms with Gasteiger partial charge in [0.2, 0.25) is 0 Å². The molecule has 3 aromatic rings. The third-order valence-corrected chi connectivity index (χ3v) is 4.41. The van der Waals surface area contributed by atoms with Crippen molar-refractivity contribution in [2.24, 2.45) is 0 Å². The van der Waals surface area contributed by atoms with Gasteiger partial charge in [-0.05, 0) is 56.2 Å². The molecule has 0 N–H and O–H groups in total. The van der Waals surface area contributed by atoms with Crippen molar-refractivity contribution in [3.8, 4) is 5.75 Å². The first-order valence-electron chi connectivity index (χ1n) is 9.51. The van der Waals surface area contributed by atoms with Gasteiger partial charge in [0.25, 0.3) is 0 Å². The molecule has 0 aliphatic rings. The van der Waals surface area contributed by atoms with Crippen LogP contribution in [-0.4, -0.2) is 36.2 Å². The van der Waals surface area contributed by atoms with Crippen molar-refractivity contribution in [1.29, 1.82) is 0 Å². The van der Waals surface area contributed by atoms with Crippen molar-refractivity contribution < 1.29 is 14.3 Å². The molecule has 28 heavy (non-hydrogen) atoms. The smallest absolute Gasteiger partial charge is 0.305 e. The number of fused-ring (bicyclic) bond motifs is 1. The number of anilines is 2. The van der Waals surface area contributed by atoms with Crippen LogP contribution in [0.2, 0.25) is 0 Å². The van der Waals surface area contributed by atoms with Gasteiger partial charge in [-0.1, -0.05) is 12.1 Å². The number of esters is 1. The highest BCUT2D eigenvalue weighted by atomic mass is 16.5. The summed E-state index contributed by atoms with van der Waals surface area (Å²) >= 11 is 0. The van der Waals surface area contributed by atoms with Crippen molar-refractivity contribution in [3.63, 3.8) is 0 Å². The predicted octanol–water partition coefficient (Wildman–Crippen LogP) is 4.51. The van der Waals surface area contributed by atoms with Gasteiger partial charge in [0.1, 0.15) is 17.9 Å². The summed E-state index contributed by atoms with van der Waals surface area (Å²) in [6.07, 6.45) is 3.60. The van der Waals surface area contributed by atoms with Gasteiger partial charge in [0.15, 0.2) is 0 Å². The summed E-state index contributed by atoms with van der Waals surface area (Å²) in [4.78, 5) is 22.1. The number of carbonyl (C=O) groups excluding carboxylic acids is 1. The molecule has 0 unspecified atom stereocenters. The molecule has 0 amide bonds. The maximum Gasteiger partial charge on any atom is 0.305 e. The number of nitrogens with zero attached hydrogens (tertiary/aromatic N) is 3. The molecule has 0 spiro atoms. The van der Waals surface area contributed by atoms with E-state index in [0.29, 0.717) is 19.6 Å². The van der Waals surface area contributed by atoms with E-state index < -0.39 is 0 Å². The van der Waals surface area contributed by atoms with Gasteiger partial charge in [-0.25, -0.2) is 9.97 Å². The molecule has 0 aliphatic carbocycles. The van der Waals surface area contributed by atoms with Crippen LogP contribution < -0.4 is 9.64 Å². The van der Waals surface area contributed by atoms with E-state index in [1.807, 2.05) is 67.4 Å². The Morgan fingerprint density at radius 3 is 2.61 bits per heavy atom. The van der Waals surface area contributed by atoms with E-state index in [1.165, 1.54) is 0 Å². The molecule has 0 fully saturated rings. The summed E-state index contributed by atoms with van der Waals surface area (Å²) in [6.45, 7) is 2.82. The highest BCUT2D eigenvalue weighted by molar-refractivity contribution is 5.91. The minimum atomic E-state index is -0.146. The highest BCUT2D eigenvalue weighted by Gasteiger charge is 2.10. The van der Waals surface area contributed by atoms with Gasteiger partial charge in [-0.3, -0.25) is 4.79 Å². The van der Waals surface area contributed by atoms with E-state index in [-0.39, 0.29) is 5.97 Å². The fourth-order valence-electron chi connectivity index (χ4n) is 2.94. The maximum atomic E-state index is 11.3. The van der Waals surface area contributed by atoms with E-state index in [1.54, 1.807) is 6.33 Å². The number of para-hydroxylation sites is 1. The standard InChI is InChI=1S/C22H25N3O3/c1-3-27-21(26)10-6-7-15-28-18-13-11-17(12-14-18)25(2)22-19-8-4-5-9-20(19)23-16-24-22/h4-5,8-9,11-14,16H,3,6-7,10,15H2,1-2H3. The van der Waals surface area contributed by atoms with E-state index in [0.717, 1.165) is 41.0 Å². The molecule has 0 atom stereocenters. The molecule has 0 saturated carbocycles. The largest absolute Gasteiger partial charge is 0.494 e. The van der Waals surface area contributed by atoms with Gasteiger partial charge in [0.05, 0.1) is 18.7 Å². The molecule has 2 aromatic carbocycles. The molecular weight excluding hydrogens is 354 g/mol. The molecule has 6 nitrogen and oxygen atoms in total. The lowest BCUT2D eigenvalue weighted by molar-refractivity contribution is -0.143. The summed E-state index contributed by atoms with van der Waals surface area (Å²) in [6, 6.07) is 15.9. The summed E-state index contributed by atoms with van der Waals surface area (Å²) in [5.74, 6) is 1.52. The summed E-state index contributed by atoms with van der Waals surface area (Å²) < 4.78 is 10.7. The van der Waals surface area contributed by atoms with Gasteiger partial charge < -0.3 is 14.4 Å². The van der Waals surface area contributed by atoms with Crippen LogP contribution >= 0.6 is 0 Å². The first-order valence-corrected chi connectivity index (χ1v) is 9.51. The lowest BCUT2D eigenvalue weighted by Gasteiger charge is -2.20. The zero-order valence-electron chi connectivity index (χ0n) is 16.3. The number of carbonyl (C=O) groups is 1. The Kier molecular flexibility index (Phi) is 6.78. The fourth-order valence-corrected chi connectivity index (χ4v) is 2.94. The normalized spacial score (nSPS) is 10.6. The second-order valence-electron chi connectivity index (χ2n) is 6.38. The third kappa shape index (κ3) is 4.97. The zero-order valence-corrected chi connectivity index (χ0v) is 16.3. The molecule has 0 saturated heterocycles. The summed E-state index contributed by atoms with van der Waals surface area (Å²) in [5.41, 5.74) is 1.93. The maximum absolute atomic E-state index is 11.3. The van der Waals surface area contributed by atoms with Gasteiger partial charge >= 0.3 is 5.97 Å². The average molecular weight is 379 g/mol. The molecule has 6 heteroatoms. The number of ether oxygens (including phenoxy) is 2. The zero-order chi connectivity index (χ0) is 19.8. The minimum absolute atomic E-state index is 0.146. The van der Waals surface area contributed by atoms with E-state index in [2.05, 4.69) is 9.97 Å². The van der Waals surface area contributed by atoms with Crippen LogP contribution in [0.1, 0.15) is 26.2 Å². The van der Waals surface area contributed by atoms with Crippen molar-refractivity contribution in [2.75, 3.05) is 25.2 Å². The number of rotatable bonds is 9. The molecule has 1 aromatic heterocycles. The Balaban J connectivity index is 1.56. The van der Waals surface area contributed by atoms with Crippen molar-refractivity contribution >= 4 is 28.4 Å². The topological polar surface area (TPSA) is 64.6 Å². The Labute approximate surface area is 165 Å². The van der Waals surface area contributed by atoms with Crippen LogP contribution in [0.3, 0.4) is 0 Å². The van der Waals surface area contributed by atoms with E-state index in [4.69, 9.17) is 9.47 Å². The second kappa shape index (κ2) is 9.69. The van der Waals surface area contributed by atoms with Crippen LogP contribution in [-0.2, 0) is 9.53 Å². The SMILES string of the molecule is CCOC(=O)CCCCOc1ccc(N(C)c2ncnc3ccccc23)cc1. The molecule has 3 rings (SSSR count). The molecule has 0 radical (unpaired) electrons. The van der Waals surface area contributed by atoms with E-state index in [9.17, 15) is 4.79 Å². The fraction of sp³-hybridized carbons (Fsp3) is 0.318. The Morgan fingerprint density at radius 1 is 1.04 bits per heavy atom. The van der Waals surface area contributed by atoms with Gasteiger partial charge in [0, 0.05) is 24.5 Å². The van der Waals surface area contributed by atoms with Crippen molar-refractivity contribution in [1.82, 2.24) is 9.97 Å². The Morgan fingerprint density at radius 2 is 1.82 bits per heavy atom. The number of benzene rings is 2. The molecular formula is C22H25N3O3. The first-order chi connectivity index (χ1) is 13.7. The third-order valence-electron chi connectivity index (χ3n) is 4.41. The van der Waals surface area contributed by atoms with Crippen LogP contribution in [0.25, 0.3) is 10.9 Å². The first kappa shape index (κ1) is 19.6. The Hall–Kier alpha value is -3.15. The van der Waals surface area contributed by atoms with Crippen LogP contribution in [0, 0.1) is 0 Å². The lowest BCUT2D eigenvalue weighted by atomic mass is 10.2. The summed E-state index contributed by atoms with van der Waals surface area (Å²) in [7, 11) is 1.99. The average Bonchev–Trinajstić information content (AvgIpc) is 2.73. The molecule has 0 aliphatic heterocycles. The van der Waals surface area contributed by atoms with Gasteiger partial charge in [-0.15, -0.1) is 0 Å². The number of hydrogen-bond acceptors (Lipinski definition) is 6. The van der Waals surface area contributed by atoms with E-state index >= 15 is 0 Å². The number of hydrogen-bond donors (Lipinski definition) is 0. The van der Waals surface area contributed by atoms with Crippen molar-refractivity contribution in [2.45, 2.75) is 26.2 Å². The Bertz CT molecular complexity index is 907. The van der Waals surface area contributed by atoms with Crippen molar-refractivity contribution in [3.05, 3.63) is 54.9 Å². The van der Waals surface area contributed by atoms with Gasteiger partial charge in [-0.2, -0.15) is 0 Å². The number of aromatic nitrogens is 2. The lowest BCUT2D eigenvalue weighted by Crippen LogP contribution is -2.12. The molecule has 146 valence electrons. The second-order valence-corrected chi connectivity index (χ2v) is 6.38. The quantitative estimate of drug-likeness (QED) is 0.403. The summed E-state index contributed by atoms with van der Waals surface area (Å²) in [5, 5.41) is 1.01. The predicted molar refractivity (Wildman–Crippen MR) is 110 cm³/mol. The molecule has 1 heterocycles. The minimum Gasteiger partial charge on any atom is -0.494 e. The van der Waals surface area contributed by atoms with Crippen LogP contribution in [0.5, 0.6) is 5.75 Å². The number of unbranched alkanes of at least 4 members (excludes halogenated alkanes) is 1. The monoisotopic (exact) mass is 379 g/mol. The van der Waals surface area contributed by atoms with Crippen LogP contribution in [0.4, 0.5) is 11.5 Å². The highest BCUT2D eigenvalue weighted by Crippen LogP contribution is 2.29.